The van der Waals surface area contributed by atoms with Crippen molar-refractivity contribution < 1.29 is 19.0 Å². The lowest BCUT2D eigenvalue weighted by molar-refractivity contribution is 0.00428. The predicted molar refractivity (Wildman–Crippen MR) is 108 cm³/mol. The Bertz CT molecular complexity index is 743. The van der Waals surface area contributed by atoms with Crippen LogP contribution in [0.2, 0.25) is 0 Å². The van der Waals surface area contributed by atoms with E-state index in [1.54, 1.807) is 6.21 Å². The summed E-state index contributed by atoms with van der Waals surface area (Å²) in [5.41, 5.74) is 4.08. The zero-order valence-electron chi connectivity index (χ0n) is 16.4. The Morgan fingerprint density at radius 2 is 1.70 bits per heavy atom. The van der Waals surface area contributed by atoms with Crippen molar-refractivity contribution in [2.75, 3.05) is 20.5 Å². The van der Waals surface area contributed by atoms with E-state index in [9.17, 15) is 0 Å². The second kappa shape index (κ2) is 11.0. The van der Waals surface area contributed by atoms with Crippen LogP contribution in [0.5, 0.6) is 11.5 Å². The number of allylic oxidation sites excluding steroid dienone is 1. The number of aryl methyl sites for hydroxylation is 2. The average molecular weight is 369 g/mol. The minimum atomic E-state index is 0.188. The maximum absolute atomic E-state index is 5.82. The number of oxime groups is 1. The van der Waals surface area contributed by atoms with Gasteiger partial charge in [-0.25, -0.2) is 0 Å². The normalized spacial score (nSPS) is 11.3. The molecule has 0 radical (unpaired) electrons. The zero-order chi connectivity index (χ0) is 19.5. The van der Waals surface area contributed by atoms with Crippen molar-refractivity contribution in [3.8, 4) is 11.5 Å². The van der Waals surface area contributed by atoms with Gasteiger partial charge < -0.3 is 19.0 Å². The molecule has 0 aliphatic rings. The lowest BCUT2D eigenvalue weighted by Gasteiger charge is -2.14. The third-order valence-corrected chi connectivity index (χ3v) is 3.86. The summed E-state index contributed by atoms with van der Waals surface area (Å²) in [6.45, 7) is 7.21. The lowest BCUT2D eigenvalue weighted by Crippen LogP contribution is -2.05. The highest BCUT2D eigenvalue weighted by molar-refractivity contribution is 5.79. The van der Waals surface area contributed by atoms with Crippen LogP contribution in [0.25, 0.3) is 0 Å². The molecule has 0 amide bonds. The highest BCUT2D eigenvalue weighted by atomic mass is 16.7. The Morgan fingerprint density at radius 3 is 2.33 bits per heavy atom. The Morgan fingerprint density at radius 1 is 1.00 bits per heavy atom. The maximum Gasteiger partial charge on any atom is 0.189 e. The van der Waals surface area contributed by atoms with Gasteiger partial charge in [-0.1, -0.05) is 41.6 Å². The number of hydrogen-bond acceptors (Lipinski definition) is 5. The largest absolute Gasteiger partial charge is 0.490 e. The predicted octanol–water partition coefficient (Wildman–Crippen LogP) is 4.79. The first-order chi connectivity index (χ1) is 13.1. The number of ether oxygens (including phenoxy) is 3. The SMILES string of the molecule is C/C=C/COc1cc(C)c(OCOCc2ccc(/C=N/OC)cc2)c(C)c1. The first-order valence-corrected chi connectivity index (χ1v) is 8.85. The molecule has 5 nitrogen and oxygen atoms in total. The van der Waals surface area contributed by atoms with Gasteiger partial charge in [0.2, 0.25) is 0 Å². The fourth-order valence-electron chi connectivity index (χ4n) is 2.54. The van der Waals surface area contributed by atoms with E-state index in [1.165, 1.54) is 7.11 Å². The van der Waals surface area contributed by atoms with E-state index >= 15 is 0 Å². The molecule has 0 aromatic heterocycles. The summed E-state index contributed by atoms with van der Waals surface area (Å²) in [6.07, 6.45) is 5.60. The molecule has 27 heavy (non-hydrogen) atoms. The third-order valence-electron chi connectivity index (χ3n) is 3.86. The first kappa shape index (κ1) is 20.5. The summed E-state index contributed by atoms with van der Waals surface area (Å²) in [5, 5.41) is 3.74. The second-order valence-electron chi connectivity index (χ2n) is 6.04. The molecule has 0 saturated heterocycles. The molecule has 5 heteroatoms. The Kier molecular flexibility index (Phi) is 8.39. The summed E-state index contributed by atoms with van der Waals surface area (Å²) in [6, 6.07) is 11.9. The molecule has 2 aromatic rings. The summed E-state index contributed by atoms with van der Waals surface area (Å²) < 4.78 is 17.2. The van der Waals surface area contributed by atoms with Gasteiger partial charge in [-0.2, -0.15) is 0 Å². The van der Waals surface area contributed by atoms with Crippen molar-refractivity contribution >= 4 is 6.21 Å². The minimum absolute atomic E-state index is 0.188. The van der Waals surface area contributed by atoms with Crippen molar-refractivity contribution in [2.45, 2.75) is 27.4 Å². The van der Waals surface area contributed by atoms with Gasteiger partial charge in [0.05, 0.1) is 12.8 Å². The first-order valence-electron chi connectivity index (χ1n) is 8.85. The van der Waals surface area contributed by atoms with Gasteiger partial charge in [0, 0.05) is 0 Å². The van der Waals surface area contributed by atoms with Crippen LogP contribution in [0.3, 0.4) is 0 Å². The lowest BCUT2D eigenvalue weighted by atomic mass is 10.1. The molecule has 0 spiro atoms. The zero-order valence-corrected chi connectivity index (χ0v) is 16.4. The molecule has 0 N–H and O–H groups in total. The van der Waals surface area contributed by atoms with Crippen LogP contribution in [-0.4, -0.2) is 26.7 Å². The minimum Gasteiger partial charge on any atom is -0.490 e. The van der Waals surface area contributed by atoms with Crippen LogP contribution in [0, 0.1) is 13.8 Å². The molecule has 144 valence electrons. The van der Waals surface area contributed by atoms with Gasteiger partial charge in [0.1, 0.15) is 25.2 Å². The maximum atomic E-state index is 5.82. The second-order valence-corrected chi connectivity index (χ2v) is 6.04. The molecule has 2 aromatic carbocycles. The Hall–Kier alpha value is -2.79. The number of hydrogen-bond donors (Lipinski definition) is 0. The van der Waals surface area contributed by atoms with Crippen molar-refractivity contribution in [2.24, 2.45) is 5.16 Å². The molecule has 0 bridgehead atoms. The van der Waals surface area contributed by atoms with Gasteiger partial charge in [0.25, 0.3) is 0 Å². The summed E-state index contributed by atoms with van der Waals surface area (Å²) in [7, 11) is 1.52. The standard InChI is InChI=1S/C22H27NO4/c1-5-6-11-26-21-12-17(2)22(18(3)13-21)27-16-25-15-20-9-7-19(8-10-20)14-23-24-4/h5-10,12-14H,11,15-16H2,1-4H3/b6-5+,23-14+. The van der Waals surface area contributed by atoms with E-state index in [1.807, 2.05) is 69.3 Å². The van der Waals surface area contributed by atoms with E-state index in [4.69, 9.17) is 14.2 Å². The fourth-order valence-corrected chi connectivity index (χ4v) is 2.54. The molecule has 2 rings (SSSR count). The van der Waals surface area contributed by atoms with Gasteiger partial charge >= 0.3 is 0 Å². The van der Waals surface area contributed by atoms with E-state index in [2.05, 4.69) is 9.99 Å². The smallest absolute Gasteiger partial charge is 0.189 e. The topological polar surface area (TPSA) is 49.3 Å². The molecule has 0 saturated carbocycles. The van der Waals surface area contributed by atoms with Crippen LogP contribution in [0.15, 0.2) is 53.7 Å². The van der Waals surface area contributed by atoms with Crippen LogP contribution < -0.4 is 9.47 Å². The van der Waals surface area contributed by atoms with Crippen LogP contribution in [0.1, 0.15) is 29.2 Å². The number of rotatable bonds is 10. The highest BCUT2D eigenvalue weighted by Crippen LogP contribution is 2.28. The molecular weight excluding hydrogens is 342 g/mol. The number of benzene rings is 2. The van der Waals surface area contributed by atoms with Crippen LogP contribution >= 0.6 is 0 Å². The molecule has 0 fully saturated rings. The quantitative estimate of drug-likeness (QED) is 0.199. The Labute approximate surface area is 161 Å². The number of nitrogens with zero attached hydrogens (tertiary/aromatic N) is 1. The van der Waals surface area contributed by atoms with Gasteiger partial charge in [-0.05, 0) is 55.2 Å². The fraction of sp³-hybridized carbons (Fsp3) is 0.318. The summed E-state index contributed by atoms with van der Waals surface area (Å²) in [4.78, 5) is 4.67. The monoisotopic (exact) mass is 369 g/mol. The van der Waals surface area contributed by atoms with Crippen molar-refractivity contribution in [1.82, 2.24) is 0 Å². The molecule has 0 aliphatic carbocycles. The molecular formula is C22H27NO4. The van der Waals surface area contributed by atoms with Crippen molar-refractivity contribution in [3.05, 3.63) is 70.8 Å². The van der Waals surface area contributed by atoms with Crippen molar-refractivity contribution in [3.63, 3.8) is 0 Å². The van der Waals surface area contributed by atoms with E-state index in [0.29, 0.717) is 13.2 Å². The van der Waals surface area contributed by atoms with Gasteiger partial charge in [-0.15, -0.1) is 0 Å². The molecule has 0 aliphatic heterocycles. The summed E-state index contributed by atoms with van der Waals surface area (Å²) >= 11 is 0. The third kappa shape index (κ3) is 6.79. The highest BCUT2D eigenvalue weighted by Gasteiger charge is 2.07. The van der Waals surface area contributed by atoms with Crippen LogP contribution in [-0.2, 0) is 16.2 Å². The van der Waals surface area contributed by atoms with E-state index < -0.39 is 0 Å². The van der Waals surface area contributed by atoms with Crippen molar-refractivity contribution in [1.29, 1.82) is 0 Å². The van der Waals surface area contributed by atoms with Gasteiger partial charge in [-0.3, -0.25) is 0 Å². The molecule has 0 unspecified atom stereocenters. The summed E-state index contributed by atoms with van der Waals surface area (Å²) in [5.74, 6) is 1.67. The van der Waals surface area contributed by atoms with Gasteiger partial charge in [0.15, 0.2) is 6.79 Å². The Balaban J connectivity index is 1.83. The molecule has 0 atom stereocenters. The average Bonchev–Trinajstić information content (AvgIpc) is 2.66. The van der Waals surface area contributed by atoms with E-state index in [0.717, 1.165) is 33.8 Å². The van der Waals surface area contributed by atoms with E-state index in [-0.39, 0.29) is 6.79 Å². The van der Waals surface area contributed by atoms with Crippen LogP contribution in [0.4, 0.5) is 0 Å². The molecule has 0 heterocycles.